The minimum Gasteiger partial charge on any atom is -0.356 e. The number of nitrogens with zero attached hydrogens (tertiary/aromatic N) is 2. The van der Waals surface area contributed by atoms with Crippen LogP contribution < -0.4 is 10.6 Å². The molecule has 140 valence electrons. The summed E-state index contributed by atoms with van der Waals surface area (Å²) in [5.74, 6) is 0.760. The van der Waals surface area contributed by atoms with Crippen LogP contribution in [0.4, 0.5) is 0 Å². The minimum atomic E-state index is -3.01. The van der Waals surface area contributed by atoms with Crippen molar-refractivity contribution >= 4 is 27.4 Å². The Hall–Kier alpha value is -2.12. The molecule has 2 aromatic rings. The average molecular weight is 395 g/mol. The first-order valence-corrected chi connectivity index (χ1v) is 10.6. The standard InChI is InChI=1S/C18H23ClN4O2S/c1-20-18(21-10-9-15-7-8-17(19)22-11-15)23-12-14-3-5-16(6-4-14)13-26(2,24)25/h3-8,11H,9-10,12-13H2,1-2H3,(H2,20,21,23). The fraction of sp³-hybridized carbons (Fsp3) is 0.333. The maximum atomic E-state index is 11.3. The van der Waals surface area contributed by atoms with Crippen LogP contribution in [0.3, 0.4) is 0 Å². The first-order valence-electron chi connectivity index (χ1n) is 8.16. The molecule has 1 heterocycles. The number of benzene rings is 1. The third kappa shape index (κ3) is 7.41. The van der Waals surface area contributed by atoms with E-state index >= 15 is 0 Å². The molecule has 8 heteroatoms. The molecule has 26 heavy (non-hydrogen) atoms. The molecule has 0 aliphatic rings. The number of halogens is 1. The van der Waals surface area contributed by atoms with Gasteiger partial charge in [-0.05, 0) is 29.2 Å². The number of sulfone groups is 1. The number of rotatable bonds is 7. The summed E-state index contributed by atoms with van der Waals surface area (Å²) in [4.78, 5) is 8.25. The first kappa shape index (κ1) is 20.2. The van der Waals surface area contributed by atoms with Crippen molar-refractivity contribution in [2.24, 2.45) is 4.99 Å². The fourth-order valence-corrected chi connectivity index (χ4v) is 3.25. The van der Waals surface area contributed by atoms with Crippen molar-refractivity contribution in [3.05, 3.63) is 64.4 Å². The van der Waals surface area contributed by atoms with E-state index in [4.69, 9.17) is 11.6 Å². The number of nitrogens with one attached hydrogen (secondary N) is 2. The monoisotopic (exact) mass is 394 g/mol. The number of hydrogen-bond donors (Lipinski definition) is 2. The Balaban J connectivity index is 1.78. The van der Waals surface area contributed by atoms with Crippen LogP contribution in [-0.2, 0) is 28.6 Å². The first-order chi connectivity index (χ1) is 12.4. The van der Waals surface area contributed by atoms with Crippen molar-refractivity contribution < 1.29 is 8.42 Å². The molecule has 0 saturated heterocycles. The third-order valence-corrected chi connectivity index (χ3v) is 4.71. The molecule has 0 saturated carbocycles. The molecule has 0 atom stereocenters. The lowest BCUT2D eigenvalue weighted by molar-refractivity contribution is 0.601. The van der Waals surface area contributed by atoms with E-state index < -0.39 is 9.84 Å². The maximum Gasteiger partial charge on any atom is 0.191 e. The highest BCUT2D eigenvalue weighted by molar-refractivity contribution is 7.89. The van der Waals surface area contributed by atoms with Gasteiger partial charge >= 0.3 is 0 Å². The highest BCUT2D eigenvalue weighted by Gasteiger charge is 2.04. The molecule has 0 aliphatic carbocycles. The van der Waals surface area contributed by atoms with Crippen molar-refractivity contribution in [1.29, 1.82) is 0 Å². The molecule has 0 fully saturated rings. The summed E-state index contributed by atoms with van der Waals surface area (Å²) in [6.07, 6.45) is 3.81. The normalized spacial score (nSPS) is 12.0. The van der Waals surface area contributed by atoms with Gasteiger partial charge in [-0.2, -0.15) is 0 Å². The van der Waals surface area contributed by atoms with Crippen molar-refractivity contribution in [1.82, 2.24) is 15.6 Å². The van der Waals surface area contributed by atoms with Crippen LogP contribution in [0.2, 0.25) is 5.15 Å². The maximum absolute atomic E-state index is 11.3. The Morgan fingerprint density at radius 1 is 1.08 bits per heavy atom. The number of pyridine rings is 1. The van der Waals surface area contributed by atoms with Gasteiger partial charge in [-0.15, -0.1) is 0 Å². The van der Waals surface area contributed by atoms with E-state index in [0.29, 0.717) is 17.7 Å². The van der Waals surface area contributed by atoms with Gasteiger partial charge in [0.2, 0.25) is 0 Å². The van der Waals surface area contributed by atoms with Gasteiger partial charge in [-0.25, -0.2) is 13.4 Å². The molecule has 0 aliphatic heterocycles. The second-order valence-corrected chi connectivity index (χ2v) is 8.51. The fourth-order valence-electron chi connectivity index (χ4n) is 2.34. The van der Waals surface area contributed by atoms with Gasteiger partial charge in [0.15, 0.2) is 15.8 Å². The summed E-state index contributed by atoms with van der Waals surface area (Å²) >= 11 is 5.77. The highest BCUT2D eigenvalue weighted by atomic mass is 35.5. The Morgan fingerprint density at radius 3 is 2.31 bits per heavy atom. The van der Waals surface area contributed by atoms with Crippen LogP contribution in [-0.4, -0.2) is 39.2 Å². The predicted molar refractivity (Wildman–Crippen MR) is 106 cm³/mol. The average Bonchev–Trinajstić information content (AvgIpc) is 2.59. The molecular weight excluding hydrogens is 372 g/mol. The summed E-state index contributed by atoms with van der Waals surface area (Å²) in [7, 11) is -1.30. The summed E-state index contributed by atoms with van der Waals surface area (Å²) in [5, 5.41) is 6.96. The summed E-state index contributed by atoms with van der Waals surface area (Å²) in [6.45, 7) is 1.32. The van der Waals surface area contributed by atoms with Gasteiger partial charge in [-0.1, -0.05) is 41.9 Å². The third-order valence-electron chi connectivity index (χ3n) is 3.63. The Labute approximate surface area is 159 Å². The van der Waals surface area contributed by atoms with Crippen LogP contribution in [0.1, 0.15) is 16.7 Å². The minimum absolute atomic E-state index is 0.0590. The highest BCUT2D eigenvalue weighted by Crippen LogP contribution is 2.08. The van der Waals surface area contributed by atoms with Gasteiger partial charge in [0.25, 0.3) is 0 Å². The van der Waals surface area contributed by atoms with Gasteiger partial charge in [0, 0.05) is 32.6 Å². The van der Waals surface area contributed by atoms with E-state index in [1.54, 1.807) is 19.3 Å². The van der Waals surface area contributed by atoms with Crippen LogP contribution >= 0.6 is 11.6 Å². The molecule has 1 aromatic carbocycles. The lowest BCUT2D eigenvalue weighted by atomic mass is 10.1. The molecule has 0 amide bonds. The molecule has 0 spiro atoms. The van der Waals surface area contributed by atoms with Crippen LogP contribution in [0.25, 0.3) is 0 Å². The zero-order chi connectivity index (χ0) is 19.0. The quantitative estimate of drug-likeness (QED) is 0.427. The molecule has 0 radical (unpaired) electrons. The van der Waals surface area contributed by atoms with Crippen LogP contribution in [0.5, 0.6) is 0 Å². The van der Waals surface area contributed by atoms with Gasteiger partial charge in [0.1, 0.15) is 5.15 Å². The molecule has 2 N–H and O–H groups in total. The largest absolute Gasteiger partial charge is 0.356 e. The van der Waals surface area contributed by atoms with E-state index in [0.717, 1.165) is 29.7 Å². The number of aromatic nitrogens is 1. The smallest absolute Gasteiger partial charge is 0.191 e. The molecule has 6 nitrogen and oxygen atoms in total. The second kappa shape index (κ2) is 9.54. The lowest BCUT2D eigenvalue weighted by Crippen LogP contribution is -2.37. The van der Waals surface area contributed by atoms with Crippen molar-refractivity contribution in [3.8, 4) is 0 Å². The van der Waals surface area contributed by atoms with Crippen LogP contribution in [0, 0.1) is 0 Å². The topological polar surface area (TPSA) is 83.4 Å². The zero-order valence-corrected chi connectivity index (χ0v) is 16.4. The van der Waals surface area contributed by atoms with E-state index in [1.165, 1.54) is 6.26 Å². The molecule has 2 rings (SSSR count). The SMILES string of the molecule is CN=C(NCCc1ccc(Cl)nc1)NCc1ccc(CS(C)(=O)=O)cc1. The lowest BCUT2D eigenvalue weighted by Gasteiger charge is -2.12. The summed E-state index contributed by atoms with van der Waals surface area (Å²) in [6, 6.07) is 11.2. The van der Waals surface area contributed by atoms with Crippen molar-refractivity contribution in [3.63, 3.8) is 0 Å². The number of hydrogen-bond acceptors (Lipinski definition) is 4. The zero-order valence-electron chi connectivity index (χ0n) is 14.9. The van der Waals surface area contributed by atoms with E-state index in [9.17, 15) is 8.42 Å². The molecule has 0 unspecified atom stereocenters. The molecule has 1 aromatic heterocycles. The van der Waals surface area contributed by atoms with Crippen molar-refractivity contribution in [2.45, 2.75) is 18.7 Å². The predicted octanol–water partition coefficient (Wildman–Crippen LogP) is 2.19. The van der Waals surface area contributed by atoms with Gasteiger partial charge in [-0.3, -0.25) is 4.99 Å². The Kier molecular flexibility index (Phi) is 7.41. The van der Waals surface area contributed by atoms with E-state index in [2.05, 4.69) is 20.6 Å². The number of guanidine groups is 1. The van der Waals surface area contributed by atoms with Crippen molar-refractivity contribution in [2.75, 3.05) is 19.8 Å². The summed E-state index contributed by atoms with van der Waals surface area (Å²) < 4.78 is 22.6. The summed E-state index contributed by atoms with van der Waals surface area (Å²) in [5.41, 5.74) is 2.93. The molecule has 0 bridgehead atoms. The molecular formula is C18H23ClN4O2S. The van der Waals surface area contributed by atoms with E-state index in [-0.39, 0.29) is 5.75 Å². The number of aliphatic imine (C=N–C) groups is 1. The second-order valence-electron chi connectivity index (χ2n) is 5.98. The Bertz CT molecular complexity index is 834. The van der Waals surface area contributed by atoms with Gasteiger partial charge < -0.3 is 10.6 Å². The van der Waals surface area contributed by atoms with Gasteiger partial charge in [0.05, 0.1) is 5.75 Å². The van der Waals surface area contributed by atoms with Crippen LogP contribution in [0.15, 0.2) is 47.6 Å². The van der Waals surface area contributed by atoms with E-state index in [1.807, 2.05) is 30.3 Å². The Morgan fingerprint density at radius 2 is 1.73 bits per heavy atom.